The lowest BCUT2D eigenvalue weighted by molar-refractivity contribution is 0.0173. The van der Waals surface area contributed by atoms with Gasteiger partial charge in [0.2, 0.25) is 0 Å². The second kappa shape index (κ2) is 6.59. The Morgan fingerprint density at radius 1 is 1.12 bits per heavy atom. The molecule has 0 spiro atoms. The van der Waals surface area contributed by atoms with Gasteiger partial charge in [0.05, 0.1) is 17.6 Å². The number of hydrogen-bond donors (Lipinski definition) is 1. The zero-order valence-electron chi connectivity index (χ0n) is 13.4. The van der Waals surface area contributed by atoms with Crippen LogP contribution < -0.4 is 0 Å². The molecule has 3 aromatic rings. The minimum Gasteiger partial charge on any atom is -0.396 e. The maximum Gasteiger partial charge on any atom is 0.197 e. The number of fused-ring (bicyclic) bond motifs is 3. The highest BCUT2D eigenvalue weighted by molar-refractivity contribution is 8.00. The van der Waals surface area contributed by atoms with Crippen molar-refractivity contribution in [1.29, 1.82) is 0 Å². The van der Waals surface area contributed by atoms with E-state index in [0.717, 1.165) is 41.1 Å². The number of benzene rings is 2. The van der Waals surface area contributed by atoms with Crippen LogP contribution in [0, 0.1) is 0 Å². The number of nitrogens with zero attached hydrogens (tertiary/aromatic N) is 2. The molecule has 1 aliphatic rings. The summed E-state index contributed by atoms with van der Waals surface area (Å²) >= 11 is 1.71. The first-order valence-corrected chi connectivity index (χ1v) is 9.24. The molecule has 0 saturated carbocycles. The van der Waals surface area contributed by atoms with E-state index in [4.69, 9.17) is 9.72 Å². The van der Waals surface area contributed by atoms with Gasteiger partial charge in [0, 0.05) is 18.7 Å². The maximum absolute atomic E-state index is 9.18. The number of aliphatic hydroxyl groups excluding tert-OH is 1. The fraction of sp³-hybridized carbons (Fsp3) is 0.316. The van der Waals surface area contributed by atoms with Crippen LogP contribution in [-0.2, 0) is 16.2 Å². The number of aromatic nitrogens is 2. The Bertz CT molecular complexity index is 834. The van der Waals surface area contributed by atoms with Gasteiger partial charge in [-0.25, -0.2) is 4.98 Å². The van der Waals surface area contributed by atoms with Crippen LogP contribution in [-0.4, -0.2) is 33.6 Å². The van der Waals surface area contributed by atoms with Gasteiger partial charge in [-0.05, 0) is 24.3 Å². The monoisotopic (exact) mass is 340 g/mol. The Balaban J connectivity index is 1.89. The number of thioether (sulfide) groups is 1. The largest absolute Gasteiger partial charge is 0.396 e. The van der Waals surface area contributed by atoms with Crippen LogP contribution in [0.1, 0.15) is 17.8 Å². The predicted octanol–water partition coefficient (Wildman–Crippen LogP) is 3.38. The summed E-state index contributed by atoms with van der Waals surface area (Å²) in [6.07, 6.45) is 0.739. The van der Waals surface area contributed by atoms with Crippen molar-refractivity contribution in [2.75, 3.05) is 19.0 Å². The van der Waals surface area contributed by atoms with Crippen molar-refractivity contribution in [1.82, 2.24) is 9.55 Å². The van der Waals surface area contributed by atoms with Crippen molar-refractivity contribution >= 4 is 22.8 Å². The van der Waals surface area contributed by atoms with E-state index >= 15 is 0 Å². The SMILES string of the molecule is OCCCSC1(c2ccccc2)OCCn2c1nc1ccccc12. The lowest BCUT2D eigenvalue weighted by atomic mass is 10.1. The van der Waals surface area contributed by atoms with Gasteiger partial charge in [0.1, 0.15) is 0 Å². The van der Waals surface area contributed by atoms with Gasteiger partial charge in [-0.3, -0.25) is 0 Å². The lowest BCUT2D eigenvalue weighted by Gasteiger charge is -2.37. The van der Waals surface area contributed by atoms with Gasteiger partial charge in [-0.2, -0.15) is 0 Å². The molecular weight excluding hydrogens is 320 g/mol. The summed E-state index contributed by atoms with van der Waals surface area (Å²) in [5.41, 5.74) is 3.25. The molecule has 124 valence electrons. The number of para-hydroxylation sites is 2. The molecule has 0 saturated heterocycles. The van der Waals surface area contributed by atoms with Crippen LogP contribution in [0.4, 0.5) is 0 Å². The Labute approximate surface area is 145 Å². The number of ether oxygens (including phenoxy) is 1. The van der Waals surface area contributed by atoms with E-state index in [-0.39, 0.29) is 6.61 Å². The first-order valence-electron chi connectivity index (χ1n) is 8.25. The number of imidazole rings is 1. The molecule has 0 radical (unpaired) electrons. The van der Waals surface area contributed by atoms with Crippen LogP contribution in [0.2, 0.25) is 0 Å². The summed E-state index contributed by atoms with van der Waals surface area (Å²) in [5.74, 6) is 1.76. The maximum atomic E-state index is 9.18. The molecule has 5 heteroatoms. The van der Waals surface area contributed by atoms with Crippen molar-refractivity contribution in [3.8, 4) is 0 Å². The highest BCUT2D eigenvalue weighted by Gasteiger charge is 2.43. The molecule has 1 N–H and O–H groups in total. The molecule has 0 amide bonds. The average Bonchev–Trinajstić information content (AvgIpc) is 3.03. The fourth-order valence-corrected chi connectivity index (χ4v) is 4.55. The minimum atomic E-state index is -0.617. The van der Waals surface area contributed by atoms with Crippen molar-refractivity contribution in [3.05, 3.63) is 66.0 Å². The molecule has 0 aliphatic carbocycles. The van der Waals surface area contributed by atoms with Gasteiger partial charge in [-0.1, -0.05) is 42.5 Å². The van der Waals surface area contributed by atoms with E-state index < -0.39 is 4.93 Å². The summed E-state index contributed by atoms with van der Waals surface area (Å²) in [6, 6.07) is 18.5. The van der Waals surface area contributed by atoms with E-state index in [1.807, 2.05) is 24.3 Å². The van der Waals surface area contributed by atoms with Crippen LogP contribution in [0.5, 0.6) is 0 Å². The number of hydrogen-bond acceptors (Lipinski definition) is 4. The van der Waals surface area contributed by atoms with E-state index in [1.54, 1.807) is 11.8 Å². The normalized spacial score (nSPS) is 20.2. The molecule has 0 fully saturated rings. The third-order valence-electron chi connectivity index (χ3n) is 4.33. The Kier molecular flexibility index (Phi) is 4.31. The van der Waals surface area contributed by atoms with E-state index in [2.05, 4.69) is 34.9 Å². The number of rotatable bonds is 5. The van der Waals surface area contributed by atoms with Crippen molar-refractivity contribution < 1.29 is 9.84 Å². The molecule has 2 aromatic carbocycles. The van der Waals surface area contributed by atoms with Gasteiger partial charge >= 0.3 is 0 Å². The van der Waals surface area contributed by atoms with Crippen LogP contribution in [0.25, 0.3) is 11.0 Å². The standard InChI is InChI=1S/C19H20N2O2S/c22-12-6-14-24-19(15-7-2-1-3-8-15)18-20-16-9-4-5-10-17(16)21(18)11-13-23-19/h1-5,7-10,22H,6,11-14H2. The minimum absolute atomic E-state index is 0.189. The van der Waals surface area contributed by atoms with Gasteiger partial charge < -0.3 is 14.4 Å². The van der Waals surface area contributed by atoms with Gasteiger partial charge in [-0.15, -0.1) is 11.8 Å². The van der Waals surface area contributed by atoms with E-state index in [9.17, 15) is 5.11 Å². The zero-order chi connectivity index (χ0) is 16.4. The summed E-state index contributed by atoms with van der Waals surface area (Å²) in [5, 5.41) is 9.18. The molecule has 1 aromatic heterocycles. The highest BCUT2D eigenvalue weighted by atomic mass is 32.2. The first-order chi connectivity index (χ1) is 11.8. The molecule has 4 rings (SSSR count). The second-order valence-corrected chi connectivity index (χ2v) is 7.10. The second-order valence-electron chi connectivity index (χ2n) is 5.83. The van der Waals surface area contributed by atoms with Crippen molar-refractivity contribution in [2.24, 2.45) is 0 Å². The molecule has 1 aliphatic heterocycles. The fourth-order valence-electron chi connectivity index (χ4n) is 3.24. The molecule has 1 atom stereocenters. The van der Waals surface area contributed by atoms with Crippen LogP contribution >= 0.6 is 11.8 Å². The first kappa shape index (κ1) is 15.7. The Morgan fingerprint density at radius 3 is 2.75 bits per heavy atom. The smallest absolute Gasteiger partial charge is 0.197 e. The molecule has 2 heterocycles. The molecule has 24 heavy (non-hydrogen) atoms. The summed E-state index contributed by atoms with van der Waals surface area (Å²) < 4.78 is 8.63. The van der Waals surface area contributed by atoms with Crippen molar-refractivity contribution in [2.45, 2.75) is 17.9 Å². The van der Waals surface area contributed by atoms with Gasteiger partial charge in [0.25, 0.3) is 0 Å². The lowest BCUT2D eigenvalue weighted by Crippen LogP contribution is -2.37. The molecule has 4 nitrogen and oxygen atoms in total. The van der Waals surface area contributed by atoms with Gasteiger partial charge in [0.15, 0.2) is 10.8 Å². The molecule has 0 bridgehead atoms. The average molecular weight is 340 g/mol. The zero-order valence-corrected chi connectivity index (χ0v) is 14.2. The third-order valence-corrected chi connectivity index (χ3v) is 5.77. The summed E-state index contributed by atoms with van der Waals surface area (Å²) in [7, 11) is 0. The number of aliphatic hydroxyl groups is 1. The van der Waals surface area contributed by atoms with E-state index in [0.29, 0.717) is 6.61 Å². The highest BCUT2D eigenvalue weighted by Crippen LogP contribution is 2.46. The van der Waals surface area contributed by atoms with Crippen molar-refractivity contribution in [3.63, 3.8) is 0 Å². The van der Waals surface area contributed by atoms with Crippen LogP contribution in [0.15, 0.2) is 54.6 Å². The molecular formula is C19H20N2O2S. The topological polar surface area (TPSA) is 47.3 Å². The molecule has 1 unspecified atom stereocenters. The Hall–Kier alpha value is -1.82. The summed E-state index contributed by atoms with van der Waals surface area (Å²) in [4.78, 5) is 4.30. The quantitative estimate of drug-likeness (QED) is 0.723. The Morgan fingerprint density at radius 2 is 1.92 bits per heavy atom. The van der Waals surface area contributed by atoms with E-state index in [1.165, 1.54) is 0 Å². The predicted molar refractivity (Wildman–Crippen MR) is 97.1 cm³/mol. The third kappa shape index (κ3) is 2.53. The summed E-state index contributed by atoms with van der Waals surface area (Å²) in [6.45, 7) is 1.65. The van der Waals surface area contributed by atoms with Crippen LogP contribution in [0.3, 0.4) is 0 Å².